The Morgan fingerprint density at radius 3 is 2.89 bits per heavy atom. The highest BCUT2D eigenvalue weighted by atomic mass is 32.2. The van der Waals surface area contributed by atoms with Gasteiger partial charge in [0.2, 0.25) is 11.0 Å². The zero-order valence-electron chi connectivity index (χ0n) is 15.0. The van der Waals surface area contributed by atoms with E-state index in [9.17, 15) is 14.4 Å². The van der Waals surface area contributed by atoms with Crippen molar-refractivity contribution in [3.63, 3.8) is 0 Å². The number of anilines is 1. The molecule has 1 saturated heterocycles. The fourth-order valence-electron chi connectivity index (χ4n) is 2.49. The minimum absolute atomic E-state index is 0.0273. The third kappa shape index (κ3) is 4.74. The number of amides is 2. The number of thioether (sulfide) groups is 1. The smallest absolute Gasteiger partial charge is 0.288 e. The van der Waals surface area contributed by atoms with Crippen LogP contribution in [-0.4, -0.2) is 46.3 Å². The van der Waals surface area contributed by atoms with Crippen molar-refractivity contribution in [2.24, 2.45) is 5.16 Å². The Balaban J connectivity index is 1.78. The number of nitrogens with one attached hydrogen (secondary N) is 2. The van der Waals surface area contributed by atoms with E-state index in [0.29, 0.717) is 16.3 Å². The third-order valence-electron chi connectivity index (χ3n) is 3.58. The Morgan fingerprint density at radius 2 is 2.21 bits per heavy atom. The van der Waals surface area contributed by atoms with E-state index in [1.807, 2.05) is 6.07 Å². The molecule has 9 nitrogen and oxygen atoms in total. The van der Waals surface area contributed by atoms with Gasteiger partial charge in [0.05, 0.1) is 17.2 Å². The minimum Gasteiger partial charge on any atom is -0.398 e. The summed E-state index contributed by atoms with van der Waals surface area (Å²) in [5.41, 5.74) is 3.88. The first-order chi connectivity index (χ1) is 13.5. The number of carbonyl (C=O) groups excluding carboxylic acids is 3. The zero-order valence-corrected chi connectivity index (χ0v) is 16.7. The molecule has 2 amide bonds. The molecule has 146 valence electrons. The lowest BCUT2D eigenvalue weighted by Gasteiger charge is -2.22. The van der Waals surface area contributed by atoms with Gasteiger partial charge in [0.1, 0.15) is 12.5 Å². The van der Waals surface area contributed by atoms with E-state index in [4.69, 9.17) is 4.84 Å². The molecular weight excluding hydrogens is 402 g/mol. The van der Waals surface area contributed by atoms with Gasteiger partial charge in [0, 0.05) is 24.1 Å². The highest BCUT2D eigenvalue weighted by Crippen LogP contribution is 2.36. The van der Waals surface area contributed by atoms with Crippen molar-refractivity contribution >= 4 is 50.7 Å². The Labute approximate surface area is 169 Å². The molecule has 3 rings (SSSR count). The van der Waals surface area contributed by atoms with Gasteiger partial charge in [-0.3, -0.25) is 24.8 Å². The standard InChI is InChI=1S/C17H17N5O4S2/c1-10(23)19-13-7-11(9-27-13)15(21-26-2)16(25)20-22-8-14(24)28-17(22)12-5-3-4-6-18-12/h3-7,9,17H,8H2,1-2H3,(H,19,23)(H,20,25). The van der Waals surface area contributed by atoms with E-state index in [2.05, 4.69) is 20.9 Å². The lowest BCUT2D eigenvalue weighted by Crippen LogP contribution is -2.45. The molecule has 2 aromatic rings. The summed E-state index contributed by atoms with van der Waals surface area (Å²) < 4.78 is 0. The summed E-state index contributed by atoms with van der Waals surface area (Å²) in [7, 11) is 1.33. The average molecular weight is 419 g/mol. The van der Waals surface area contributed by atoms with Crippen molar-refractivity contribution in [1.82, 2.24) is 15.4 Å². The maximum Gasteiger partial charge on any atom is 0.288 e. The van der Waals surface area contributed by atoms with Gasteiger partial charge in [-0.1, -0.05) is 23.0 Å². The molecule has 1 unspecified atom stereocenters. The Morgan fingerprint density at radius 1 is 1.39 bits per heavy atom. The molecule has 1 aliphatic heterocycles. The zero-order chi connectivity index (χ0) is 20.1. The van der Waals surface area contributed by atoms with Crippen LogP contribution in [0.5, 0.6) is 0 Å². The molecule has 0 bridgehead atoms. The van der Waals surface area contributed by atoms with Gasteiger partial charge in [-0.15, -0.1) is 11.3 Å². The Bertz CT molecular complexity index is 915. The number of hydrogen-bond donors (Lipinski definition) is 2. The van der Waals surface area contributed by atoms with Crippen LogP contribution in [0.3, 0.4) is 0 Å². The van der Waals surface area contributed by atoms with Crippen molar-refractivity contribution in [2.75, 3.05) is 19.0 Å². The molecule has 0 aromatic carbocycles. The molecule has 0 radical (unpaired) electrons. The van der Waals surface area contributed by atoms with Crippen LogP contribution in [0, 0.1) is 0 Å². The van der Waals surface area contributed by atoms with E-state index in [0.717, 1.165) is 11.8 Å². The van der Waals surface area contributed by atoms with Crippen molar-refractivity contribution in [2.45, 2.75) is 12.3 Å². The first kappa shape index (κ1) is 20.0. The van der Waals surface area contributed by atoms with Gasteiger partial charge >= 0.3 is 0 Å². The van der Waals surface area contributed by atoms with Crippen LogP contribution in [0.1, 0.15) is 23.6 Å². The Hall–Kier alpha value is -2.76. The molecule has 11 heteroatoms. The predicted octanol–water partition coefficient (Wildman–Crippen LogP) is 1.76. The number of oxime groups is 1. The monoisotopic (exact) mass is 419 g/mol. The molecule has 1 aliphatic rings. The summed E-state index contributed by atoms with van der Waals surface area (Å²) in [5, 5.41) is 9.74. The van der Waals surface area contributed by atoms with Crippen LogP contribution < -0.4 is 10.7 Å². The fourth-order valence-corrected chi connectivity index (χ4v) is 4.30. The van der Waals surface area contributed by atoms with Gasteiger partial charge < -0.3 is 10.2 Å². The van der Waals surface area contributed by atoms with Gasteiger partial charge in [-0.25, -0.2) is 0 Å². The third-order valence-corrected chi connectivity index (χ3v) is 5.54. The Kier molecular flexibility index (Phi) is 6.39. The fraction of sp³-hybridized carbons (Fsp3) is 0.235. The molecular formula is C17H17N5O4S2. The molecule has 1 atom stereocenters. The summed E-state index contributed by atoms with van der Waals surface area (Å²) in [4.78, 5) is 45.0. The van der Waals surface area contributed by atoms with Crippen LogP contribution in [0.25, 0.3) is 0 Å². The first-order valence-corrected chi connectivity index (χ1v) is 9.89. The van der Waals surface area contributed by atoms with Crippen LogP contribution in [0.4, 0.5) is 5.00 Å². The van der Waals surface area contributed by atoms with E-state index in [-0.39, 0.29) is 23.3 Å². The number of thiophene rings is 1. The first-order valence-electron chi connectivity index (χ1n) is 8.13. The second-order valence-corrected chi connectivity index (χ2v) is 7.72. The van der Waals surface area contributed by atoms with E-state index in [1.165, 1.54) is 30.4 Å². The lowest BCUT2D eigenvalue weighted by molar-refractivity contribution is -0.120. The average Bonchev–Trinajstić information content (AvgIpc) is 3.26. The molecule has 0 aliphatic carbocycles. The topological polar surface area (TPSA) is 113 Å². The van der Waals surface area contributed by atoms with Crippen molar-refractivity contribution in [1.29, 1.82) is 0 Å². The lowest BCUT2D eigenvalue weighted by atomic mass is 10.2. The summed E-state index contributed by atoms with van der Waals surface area (Å²) in [6, 6.07) is 7.01. The van der Waals surface area contributed by atoms with Gasteiger partial charge in [0.15, 0.2) is 5.71 Å². The number of rotatable bonds is 6. The molecule has 2 N–H and O–H groups in total. The SMILES string of the molecule is CON=C(C(=O)NN1CC(=O)SC1c1ccccn1)c1csc(NC(C)=O)c1. The van der Waals surface area contributed by atoms with Crippen molar-refractivity contribution in [3.8, 4) is 0 Å². The highest BCUT2D eigenvalue weighted by Gasteiger charge is 2.35. The van der Waals surface area contributed by atoms with Gasteiger partial charge in [-0.05, 0) is 18.2 Å². The maximum absolute atomic E-state index is 12.8. The summed E-state index contributed by atoms with van der Waals surface area (Å²) >= 11 is 2.35. The number of carbonyl (C=O) groups is 3. The van der Waals surface area contributed by atoms with Crippen molar-refractivity contribution < 1.29 is 19.2 Å². The second-order valence-electron chi connectivity index (χ2n) is 5.67. The molecule has 3 heterocycles. The molecule has 2 aromatic heterocycles. The van der Waals surface area contributed by atoms with Crippen LogP contribution in [-0.2, 0) is 19.2 Å². The largest absolute Gasteiger partial charge is 0.398 e. The van der Waals surface area contributed by atoms with E-state index < -0.39 is 11.3 Å². The normalized spacial score (nSPS) is 17.4. The second kappa shape index (κ2) is 8.95. The van der Waals surface area contributed by atoms with Crippen LogP contribution in [0.2, 0.25) is 0 Å². The molecule has 28 heavy (non-hydrogen) atoms. The number of hydrogen-bond acceptors (Lipinski definition) is 9. The van der Waals surface area contributed by atoms with Crippen molar-refractivity contribution in [3.05, 3.63) is 47.1 Å². The number of pyridine rings is 1. The number of aromatic nitrogens is 1. The van der Waals surface area contributed by atoms with Crippen LogP contribution in [0.15, 0.2) is 41.0 Å². The van der Waals surface area contributed by atoms with E-state index >= 15 is 0 Å². The predicted molar refractivity (Wildman–Crippen MR) is 107 cm³/mol. The summed E-state index contributed by atoms with van der Waals surface area (Å²) in [6.45, 7) is 1.44. The van der Waals surface area contributed by atoms with Gasteiger partial charge in [0.25, 0.3) is 5.91 Å². The molecule has 1 fully saturated rings. The van der Waals surface area contributed by atoms with Gasteiger partial charge in [-0.2, -0.15) is 5.01 Å². The summed E-state index contributed by atoms with van der Waals surface area (Å²) in [5.74, 6) is -0.751. The minimum atomic E-state index is -0.537. The summed E-state index contributed by atoms with van der Waals surface area (Å²) in [6.07, 6.45) is 1.63. The molecule has 0 spiro atoms. The number of hydrazine groups is 1. The maximum atomic E-state index is 12.8. The highest BCUT2D eigenvalue weighted by molar-refractivity contribution is 8.14. The van der Waals surface area contributed by atoms with Crippen LogP contribution >= 0.6 is 23.1 Å². The molecule has 0 saturated carbocycles. The number of nitrogens with zero attached hydrogens (tertiary/aromatic N) is 3. The van der Waals surface area contributed by atoms with E-state index in [1.54, 1.807) is 29.8 Å². The quantitative estimate of drug-likeness (QED) is 0.542.